The van der Waals surface area contributed by atoms with Gasteiger partial charge in [-0.15, -0.1) is 0 Å². The van der Waals surface area contributed by atoms with Gasteiger partial charge in [-0.2, -0.15) is 26.3 Å². The van der Waals surface area contributed by atoms with Crippen molar-refractivity contribution >= 4 is 23.3 Å². The first-order valence-electron chi connectivity index (χ1n) is 7.37. The van der Waals surface area contributed by atoms with Crippen LogP contribution in [0.1, 0.15) is 12.5 Å². The lowest BCUT2D eigenvalue weighted by Gasteiger charge is -2.48. The molecule has 11 heteroatoms. The van der Waals surface area contributed by atoms with E-state index < -0.39 is 29.6 Å². The molecule has 0 radical (unpaired) electrons. The van der Waals surface area contributed by atoms with Gasteiger partial charge in [0.2, 0.25) is 0 Å². The topological polar surface area (TPSA) is 32.8 Å². The van der Waals surface area contributed by atoms with Gasteiger partial charge in [-0.1, -0.05) is 11.6 Å². The van der Waals surface area contributed by atoms with Crippen LogP contribution in [0.15, 0.2) is 18.2 Å². The molecule has 2 rings (SSSR count). The van der Waals surface area contributed by atoms with Crippen molar-refractivity contribution in [3.63, 3.8) is 0 Å². The molecule has 1 fully saturated rings. The van der Waals surface area contributed by atoms with Crippen LogP contribution >= 0.6 is 11.6 Å². The Labute approximate surface area is 150 Å². The zero-order valence-electron chi connectivity index (χ0n) is 13.7. The molecule has 26 heavy (non-hydrogen) atoms. The first-order valence-corrected chi connectivity index (χ1v) is 7.75. The molecule has 0 aromatic heterocycles. The van der Waals surface area contributed by atoms with Crippen LogP contribution in [0.3, 0.4) is 0 Å². The van der Waals surface area contributed by atoms with Gasteiger partial charge in [0.15, 0.2) is 5.72 Å². The number of carbonyl (C=O) groups is 1. The van der Waals surface area contributed by atoms with Crippen molar-refractivity contribution in [1.29, 1.82) is 0 Å². The highest BCUT2D eigenvalue weighted by Crippen LogP contribution is 2.39. The minimum Gasteiger partial charge on any atom is -0.431 e. The summed E-state index contributed by atoms with van der Waals surface area (Å²) >= 11 is 5.98. The molecular weight excluding hydrogens is 390 g/mol. The minimum atomic E-state index is -5.23. The van der Waals surface area contributed by atoms with E-state index in [1.807, 2.05) is 0 Å². The summed E-state index contributed by atoms with van der Waals surface area (Å²) < 4.78 is 81.5. The van der Waals surface area contributed by atoms with Crippen molar-refractivity contribution in [3.05, 3.63) is 28.8 Å². The van der Waals surface area contributed by atoms with E-state index in [4.69, 9.17) is 11.6 Å². The van der Waals surface area contributed by atoms with E-state index in [2.05, 4.69) is 4.74 Å². The smallest absolute Gasteiger partial charge is 0.431 e. The van der Waals surface area contributed by atoms with E-state index in [1.165, 1.54) is 6.92 Å². The normalized spacial score (nSPS) is 22.4. The third kappa shape index (κ3) is 4.35. The maximum atomic E-state index is 13.0. The molecule has 146 valence electrons. The van der Waals surface area contributed by atoms with Gasteiger partial charge >= 0.3 is 18.3 Å². The average Bonchev–Trinajstić information content (AvgIpc) is 2.45. The summed E-state index contributed by atoms with van der Waals surface area (Å²) in [4.78, 5) is 14.1. The predicted octanol–water partition coefficient (Wildman–Crippen LogP) is 3.93. The number of hydrogen-bond donors (Lipinski definition) is 0. The number of rotatable bonds is 2. The van der Waals surface area contributed by atoms with Gasteiger partial charge in [0.1, 0.15) is 0 Å². The number of alkyl halides is 6. The number of esters is 1. The first kappa shape index (κ1) is 20.6. The Morgan fingerprint density at radius 2 is 1.81 bits per heavy atom. The maximum Gasteiger partial charge on any atom is 0.491 e. The Morgan fingerprint density at radius 1 is 1.19 bits per heavy atom. The van der Waals surface area contributed by atoms with Gasteiger partial charge in [-0.3, -0.25) is 4.90 Å². The minimum absolute atomic E-state index is 0.0131. The van der Waals surface area contributed by atoms with Crippen LogP contribution in [0.5, 0.6) is 0 Å². The molecule has 0 N–H and O–H groups in total. The molecule has 0 saturated carbocycles. The maximum absolute atomic E-state index is 13.0. The molecule has 1 saturated heterocycles. The van der Waals surface area contributed by atoms with Crippen molar-refractivity contribution in [2.75, 3.05) is 31.6 Å². The number of halogens is 7. The Kier molecular flexibility index (Phi) is 5.40. The van der Waals surface area contributed by atoms with E-state index in [0.717, 1.165) is 23.1 Å². The van der Waals surface area contributed by atoms with Crippen LogP contribution in [0.2, 0.25) is 5.02 Å². The van der Waals surface area contributed by atoms with Crippen LogP contribution in [0.25, 0.3) is 0 Å². The highest BCUT2D eigenvalue weighted by molar-refractivity contribution is 6.33. The van der Waals surface area contributed by atoms with Crippen molar-refractivity contribution in [3.8, 4) is 0 Å². The van der Waals surface area contributed by atoms with E-state index >= 15 is 0 Å². The molecule has 1 atom stereocenters. The lowest BCUT2D eigenvalue weighted by molar-refractivity contribution is -0.215. The van der Waals surface area contributed by atoms with E-state index in [9.17, 15) is 31.1 Å². The monoisotopic (exact) mass is 404 g/mol. The highest BCUT2D eigenvalue weighted by Gasteiger charge is 2.49. The molecule has 0 unspecified atom stereocenters. The standard InChI is InChI=1S/C15H15ClF6N2O2/c1-13(26-12(25)15(20,21)22)8-23(2)5-6-24(13)11-7-9(14(17,18)19)3-4-10(11)16/h3-4,7H,5-6,8H2,1-2H3/t13-/m0/s1. The van der Waals surface area contributed by atoms with Crippen LogP contribution < -0.4 is 4.90 Å². The van der Waals surface area contributed by atoms with Crippen LogP contribution in [-0.2, 0) is 15.7 Å². The molecular formula is C15H15ClF6N2O2. The lowest BCUT2D eigenvalue weighted by atomic mass is 10.1. The van der Waals surface area contributed by atoms with E-state index in [1.54, 1.807) is 11.9 Å². The summed E-state index contributed by atoms with van der Waals surface area (Å²) in [5, 5.41) is -0.100. The second-order valence-corrected chi connectivity index (χ2v) is 6.52. The van der Waals surface area contributed by atoms with Crippen molar-refractivity contribution in [2.24, 2.45) is 0 Å². The van der Waals surface area contributed by atoms with Gasteiger partial charge < -0.3 is 9.64 Å². The molecule has 1 aliphatic heterocycles. The molecule has 0 bridgehead atoms. The average molecular weight is 405 g/mol. The summed E-state index contributed by atoms with van der Waals surface area (Å²) in [6, 6.07) is 2.50. The Hall–Kier alpha value is -1.68. The molecule has 4 nitrogen and oxygen atoms in total. The second kappa shape index (κ2) is 6.80. The molecule has 0 spiro atoms. The number of nitrogens with zero attached hydrogens (tertiary/aromatic N) is 2. The van der Waals surface area contributed by atoms with Gasteiger partial charge in [-0.05, 0) is 32.2 Å². The van der Waals surface area contributed by atoms with Gasteiger partial charge in [0.05, 0.1) is 22.8 Å². The zero-order chi connectivity index (χ0) is 19.9. The molecule has 0 amide bonds. The molecule has 1 heterocycles. The van der Waals surface area contributed by atoms with Gasteiger partial charge in [0, 0.05) is 13.1 Å². The number of hydrogen-bond acceptors (Lipinski definition) is 4. The van der Waals surface area contributed by atoms with Gasteiger partial charge in [0.25, 0.3) is 0 Å². The SMILES string of the molecule is CN1CCN(c2cc(C(F)(F)F)ccc2Cl)[C@@](C)(OC(=O)C(F)(F)F)C1. The summed E-state index contributed by atoms with van der Waals surface area (Å²) in [7, 11) is 1.59. The van der Waals surface area contributed by atoms with Crippen LogP contribution in [-0.4, -0.2) is 49.5 Å². The third-order valence-corrected chi connectivity index (χ3v) is 4.27. The molecule has 1 aliphatic rings. The second-order valence-electron chi connectivity index (χ2n) is 6.12. The number of anilines is 1. The number of benzene rings is 1. The van der Waals surface area contributed by atoms with Crippen molar-refractivity contribution in [1.82, 2.24) is 4.90 Å². The van der Waals surface area contributed by atoms with Gasteiger partial charge in [-0.25, -0.2) is 4.79 Å². The van der Waals surface area contributed by atoms with E-state index in [-0.39, 0.29) is 23.8 Å². The van der Waals surface area contributed by atoms with Crippen LogP contribution in [0.4, 0.5) is 32.0 Å². The number of ether oxygens (including phenoxy) is 1. The lowest BCUT2D eigenvalue weighted by Crippen LogP contribution is -2.63. The molecule has 1 aromatic rings. The fourth-order valence-electron chi connectivity index (χ4n) is 2.79. The Balaban J connectivity index is 2.46. The fraction of sp³-hybridized carbons (Fsp3) is 0.533. The number of likely N-dealkylation sites (N-methyl/N-ethyl adjacent to an activating group) is 1. The zero-order valence-corrected chi connectivity index (χ0v) is 14.5. The highest BCUT2D eigenvalue weighted by atomic mass is 35.5. The van der Waals surface area contributed by atoms with E-state index in [0.29, 0.717) is 6.54 Å². The Morgan fingerprint density at radius 3 is 2.35 bits per heavy atom. The van der Waals surface area contributed by atoms with Crippen molar-refractivity contribution < 1.29 is 35.9 Å². The predicted molar refractivity (Wildman–Crippen MR) is 81.8 cm³/mol. The fourth-order valence-corrected chi connectivity index (χ4v) is 3.01. The summed E-state index contributed by atoms with van der Waals surface area (Å²) in [6.45, 7) is 1.38. The summed E-state index contributed by atoms with van der Waals surface area (Å²) in [5.41, 5.74) is -3.03. The summed E-state index contributed by atoms with van der Waals surface area (Å²) in [6.07, 6.45) is -9.90. The third-order valence-electron chi connectivity index (χ3n) is 3.95. The number of carbonyl (C=O) groups excluding carboxylic acids is 1. The first-order chi connectivity index (χ1) is 11.7. The largest absolute Gasteiger partial charge is 0.491 e. The Bertz CT molecular complexity index is 694. The summed E-state index contributed by atoms with van der Waals surface area (Å²) in [5.74, 6) is -2.43. The number of piperazine rings is 1. The van der Waals surface area contributed by atoms with Crippen LogP contribution in [0, 0.1) is 0 Å². The molecule has 0 aliphatic carbocycles. The molecule has 1 aromatic carbocycles. The quantitative estimate of drug-likeness (QED) is 0.552. The van der Waals surface area contributed by atoms with Crippen molar-refractivity contribution in [2.45, 2.75) is 25.0 Å².